The second kappa shape index (κ2) is 5.28. The van der Waals surface area contributed by atoms with E-state index >= 15 is 0 Å². The molecule has 0 fully saturated rings. The van der Waals surface area contributed by atoms with Crippen LogP contribution in [-0.4, -0.2) is 13.0 Å². The Bertz CT molecular complexity index is 384. The molecular weight excluding hydrogens is 212 g/mol. The Labute approximate surface area is 90.9 Å². The fraction of sp³-hybridized carbons (Fsp3) is 0.364. The summed E-state index contributed by atoms with van der Waals surface area (Å²) in [5.74, 6) is 0. The topological polar surface area (TPSA) is 54.4 Å². The number of hydrogen-bond acceptors (Lipinski definition) is 2. The molecule has 4 heteroatoms. The Morgan fingerprint density at radius 2 is 1.87 bits per heavy atom. The second-order valence-corrected chi connectivity index (χ2v) is 4.95. The summed E-state index contributed by atoms with van der Waals surface area (Å²) in [5.41, 5.74) is 0.901. The molecule has 0 saturated carbocycles. The van der Waals surface area contributed by atoms with Gasteiger partial charge in [0.05, 0.1) is 0 Å². The van der Waals surface area contributed by atoms with Crippen LogP contribution in [0.4, 0.5) is 0 Å². The quantitative estimate of drug-likeness (QED) is 0.786. The predicted molar refractivity (Wildman–Crippen MR) is 59.8 cm³/mol. The van der Waals surface area contributed by atoms with Crippen molar-refractivity contribution in [3.8, 4) is 0 Å². The van der Waals surface area contributed by atoms with Crippen LogP contribution in [0.25, 0.3) is 0 Å². The van der Waals surface area contributed by atoms with Crippen molar-refractivity contribution < 1.29 is 13.0 Å². The Hall–Kier alpha value is -0.870. The van der Waals surface area contributed by atoms with Gasteiger partial charge in [-0.25, -0.2) is 0 Å². The molecule has 0 spiro atoms. The van der Waals surface area contributed by atoms with Crippen molar-refractivity contribution >= 4 is 10.1 Å². The average molecular weight is 227 g/mol. The van der Waals surface area contributed by atoms with Crippen LogP contribution in [0.3, 0.4) is 0 Å². The van der Waals surface area contributed by atoms with Gasteiger partial charge in [-0.2, -0.15) is 8.42 Å². The molecular formula is C11H15O3S. The van der Waals surface area contributed by atoms with Gasteiger partial charge in [-0.1, -0.05) is 43.7 Å². The molecule has 0 amide bonds. The Morgan fingerprint density at radius 1 is 1.27 bits per heavy atom. The van der Waals surface area contributed by atoms with Crippen molar-refractivity contribution in [2.24, 2.45) is 0 Å². The van der Waals surface area contributed by atoms with Crippen LogP contribution in [0.15, 0.2) is 30.3 Å². The van der Waals surface area contributed by atoms with Crippen LogP contribution in [0.5, 0.6) is 0 Å². The van der Waals surface area contributed by atoms with E-state index in [1.165, 1.54) is 0 Å². The van der Waals surface area contributed by atoms with Gasteiger partial charge in [0.25, 0.3) is 10.1 Å². The monoisotopic (exact) mass is 227 g/mol. The van der Waals surface area contributed by atoms with Crippen molar-refractivity contribution in [2.75, 3.05) is 0 Å². The first-order valence-electron chi connectivity index (χ1n) is 4.90. The van der Waals surface area contributed by atoms with E-state index in [1.54, 1.807) is 0 Å². The maximum Gasteiger partial charge on any atom is 0.272 e. The smallest absolute Gasteiger partial charge is 0.272 e. The lowest BCUT2D eigenvalue weighted by Gasteiger charge is -2.11. The van der Waals surface area contributed by atoms with E-state index in [0.29, 0.717) is 19.3 Å². The Kier molecular flexibility index (Phi) is 4.29. The standard InChI is InChI=1S/C11H15O3S/c1-2-6-11(15(12,13)14)9-10-7-4-3-5-8-10/h3-5,7-8H,2,6,9H2,1H3,(H,12,13,14). The largest absolute Gasteiger partial charge is 0.285 e. The van der Waals surface area contributed by atoms with Gasteiger partial charge in [0.15, 0.2) is 0 Å². The first-order chi connectivity index (χ1) is 7.04. The maximum atomic E-state index is 11.0. The van der Waals surface area contributed by atoms with Crippen LogP contribution < -0.4 is 0 Å². The summed E-state index contributed by atoms with van der Waals surface area (Å²) >= 11 is 0. The summed E-state index contributed by atoms with van der Waals surface area (Å²) in [6.45, 7) is 1.89. The highest BCUT2D eigenvalue weighted by Crippen LogP contribution is 2.21. The highest BCUT2D eigenvalue weighted by Gasteiger charge is 2.23. The van der Waals surface area contributed by atoms with Gasteiger partial charge in [-0.15, -0.1) is 0 Å². The lowest BCUT2D eigenvalue weighted by Crippen LogP contribution is -2.14. The first-order valence-corrected chi connectivity index (χ1v) is 6.34. The minimum atomic E-state index is -4.01. The van der Waals surface area contributed by atoms with E-state index in [4.69, 9.17) is 4.55 Å². The molecule has 15 heavy (non-hydrogen) atoms. The molecule has 1 aromatic carbocycles. The molecule has 0 aliphatic rings. The van der Waals surface area contributed by atoms with Gasteiger partial charge in [0.1, 0.15) is 5.25 Å². The summed E-state index contributed by atoms with van der Waals surface area (Å²) in [6, 6.07) is 9.27. The minimum Gasteiger partial charge on any atom is -0.285 e. The molecule has 1 radical (unpaired) electrons. The Balaban J connectivity index is 2.76. The molecule has 1 aromatic rings. The summed E-state index contributed by atoms with van der Waals surface area (Å²) in [5, 5.41) is 0.191. The van der Waals surface area contributed by atoms with E-state index in [1.807, 2.05) is 37.3 Å². The van der Waals surface area contributed by atoms with E-state index in [-0.39, 0.29) is 5.25 Å². The fourth-order valence-electron chi connectivity index (χ4n) is 1.41. The molecule has 3 nitrogen and oxygen atoms in total. The zero-order valence-corrected chi connectivity index (χ0v) is 9.50. The lowest BCUT2D eigenvalue weighted by molar-refractivity contribution is 0.478. The highest BCUT2D eigenvalue weighted by molar-refractivity contribution is 7.88. The van der Waals surface area contributed by atoms with Crippen LogP contribution in [0.1, 0.15) is 25.3 Å². The van der Waals surface area contributed by atoms with Gasteiger partial charge >= 0.3 is 0 Å². The normalized spacial score (nSPS) is 11.9. The molecule has 83 valence electrons. The fourth-order valence-corrected chi connectivity index (χ4v) is 2.22. The molecule has 1 rings (SSSR count). The zero-order valence-electron chi connectivity index (χ0n) is 8.68. The number of benzene rings is 1. The van der Waals surface area contributed by atoms with Crippen molar-refractivity contribution in [1.29, 1.82) is 0 Å². The van der Waals surface area contributed by atoms with Crippen molar-refractivity contribution in [2.45, 2.75) is 26.2 Å². The van der Waals surface area contributed by atoms with Gasteiger partial charge in [0.2, 0.25) is 0 Å². The van der Waals surface area contributed by atoms with Crippen LogP contribution >= 0.6 is 0 Å². The summed E-state index contributed by atoms with van der Waals surface area (Å²) in [4.78, 5) is 0. The average Bonchev–Trinajstić information content (AvgIpc) is 2.17. The van der Waals surface area contributed by atoms with E-state index in [9.17, 15) is 8.42 Å². The number of hydrogen-bond donors (Lipinski definition) is 1. The second-order valence-electron chi connectivity index (χ2n) is 3.43. The van der Waals surface area contributed by atoms with E-state index in [2.05, 4.69) is 0 Å². The minimum absolute atomic E-state index is 0.191. The third-order valence-corrected chi connectivity index (χ3v) is 3.22. The predicted octanol–water partition coefficient (Wildman–Crippen LogP) is 2.45. The first kappa shape index (κ1) is 12.2. The zero-order chi connectivity index (χ0) is 11.3. The van der Waals surface area contributed by atoms with E-state index in [0.717, 1.165) is 5.56 Å². The van der Waals surface area contributed by atoms with Crippen LogP contribution in [-0.2, 0) is 16.5 Å². The molecule has 0 bridgehead atoms. The molecule has 0 aliphatic carbocycles. The molecule has 1 N–H and O–H groups in total. The molecule has 0 unspecified atom stereocenters. The lowest BCUT2D eigenvalue weighted by atomic mass is 10.1. The van der Waals surface area contributed by atoms with Crippen molar-refractivity contribution in [1.82, 2.24) is 0 Å². The molecule has 0 aromatic heterocycles. The maximum absolute atomic E-state index is 11.0. The molecule has 0 saturated heterocycles. The highest BCUT2D eigenvalue weighted by atomic mass is 32.2. The molecule has 0 atom stereocenters. The van der Waals surface area contributed by atoms with Crippen LogP contribution in [0, 0.1) is 5.25 Å². The van der Waals surface area contributed by atoms with Crippen molar-refractivity contribution in [3.05, 3.63) is 41.1 Å². The third kappa shape index (κ3) is 4.01. The SMILES string of the molecule is CCC[C](Cc1ccccc1)S(=O)(=O)O. The van der Waals surface area contributed by atoms with Gasteiger partial charge in [-0.3, -0.25) is 4.55 Å². The summed E-state index contributed by atoms with van der Waals surface area (Å²) in [7, 11) is -4.01. The third-order valence-electron chi connectivity index (χ3n) is 2.14. The summed E-state index contributed by atoms with van der Waals surface area (Å²) < 4.78 is 31.1. The van der Waals surface area contributed by atoms with Gasteiger partial charge in [-0.05, 0) is 18.4 Å². The Morgan fingerprint density at radius 3 is 2.33 bits per heavy atom. The van der Waals surface area contributed by atoms with Crippen molar-refractivity contribution in [3.63, 3.8) is 0 Å². The summed E-state index contributed by atoms with van der Waals surface area (Å²) in [6.07, 6.45) is 1.42. The van der Waals surface area contributed by atoms with Gasteiger partial charge in [0, 0.05) is 0 Å². The van der Waals surface area contributed by atoms with Gasteiger partial charge < -0.3 is 0 Å². The molecule has 0 aliphatic heterocycles. The van der Waals surface area contributed by atoms with Crippen LogP contribution in [0.2, 0.25) is 0 Å². The molecule has 0 heterocycles. The van der Waals surface area contributed by atoms with E-state index < -0.39 is 10.1 Å². The number of rotatable bonds is 5.